The number of carbonyl (C=O) groups excluding carboxylic acids is 1. The summed E-state index contributed by atoms with van der Waals surface area (Å²) in [6, 6.07) is 3.81. The highest BCUT2D eigenvalue weighted by Crippen LogP contribution is 2.33. The Kier molecular flexibility index (Phi) is 4.12. The number of amides is 1. The lowest BCUT2D eigenvalue weighted by Crippen LogP contribution is -2.29. The highest BCUT2D eigenvalue weighted by Gasteiger charge is 2.33. The zero-order chi connectivity index (χ0) is 14.9. The van der Waals surface area contributed by atoms with E-state index in [0.29, 0.717) is 18.7 Å². The number of benzene rings is 1. The van der Waals surface area contributed by atoms with Crippen LogP contribution in [0.5, 0.6) is 11.5 Å². The topological polar surface area (TPSA) is 38.8 Å². The first-order valence-electron chi connectivity index (χ1n) is 5.73. The lowest BCUT2D eigenvalue weighted by molar-refractivity contribution is -0.274. The molecule has 0 radical (unpaired) electrons. The summed E-state index contributed by atoms with van der Waals surface area (Å²) in [6.07, 6.45) is -4.80. The van der Waals surface area contributed by atoms with E-state index < -0.39 is 12.5 Å². The van der Waals surface area contributed by atoms with Crippen molar-refractivity contribution in [3.63, 3.8) is 0 Å². The summed E-state index contributed by atoms with van der Waals surface area (Å²) in [6.45, 7) is 0.597. The number of likely N-dealkylation sites (N-methyl/N-ethyl adjacent to an activating group) is 1. The van der Waals surface area contributed by atoms with E-state index in [-0.39, 0.29) is 16.1 Å². The molecule has 0 aliphatic carbocycles. The second kappa shape index (κ2) is 5.51. The van der Waals surface area contributed by atoms with Crippen molar-refractivity contribution in [2.75, 3.05) is 13.6 Å². The first kappa shape index (κ1) is 15.0. The summed E-state index contributed by atoms with van der Waals surface area (Å²) >= 11 is 2.98. The van der Waals surface area contributed by atoms with E-state index in [0.717, 1.165) is 6.07 Å². The molecule has 20 heavy (non-hydrogen) atoms. The molecule has 1 aromatic rings. The number of halogens is 4. The van der Waals surface area contributed by atoms with Crippen LogP contribution in [0.25, 0.3) is 0 Å². The third-order valence-electron chi connectivity index (χ3n) is 2.79. The Balaban J connectivity index is 2.08. The molecule has 1 aromatic carbocycles. The fourth-order valence-electron chi connectivity index (χ4n) is 1.83. The van der Waals surface area contributed by atoms with Crippen LogP contribution in [-0.2, 0) is 4.79 Å². The van der Waals surface area contributed by atoms with Gasteiger partial charge in [-0.05, 0) is 34.1 Å². The minimum Gasteiger partial charge on any atom is -0.480 e. The average Bonchev–Trinajstić information content (AvgIpc) is 2.63. The first-order chi connectivity index (χ1) is 9.26. The number of hydrogen-bond donors (Lipinski definition) is 0. The van der Waals surface area contributed by atoms with Crippen molar-refractivity contribution >= 4 is 21.8 Å². The molecule has 2 rings (SSSR count). The smallest absolute Gasteiger partial charge is 0.480 e. The Bertz CT molecular complexity index is 521. The Morgan fingerprint density at radius 1 is 1.40 bits per heavy atom. The van der Waals surface area contributed by atoms with Crippen molar-refractivity contribution in [1.82, 2.24) is 4.90 Å². The van der Waals surface area contributed by atoms with Gasteiger partial charge in [0.25, 0.3) is 5.91 Å². The second-order valence-corrected chi connectivity index (χ2v) is 5.15. The maximum absolute atomic E-state index is 12.1. The Labute approximate surface area is 121 Å². The van der Waals surface area contributed by atoms with Gasteiger partial charge in [-0.3, -0.25) is 4.79 Å². The van der Waals surface area contributed by atoms with Crippen molar-refractivity contribution < 1.29 is 27.4 Å². The highest BCUT2D eigenvalue weighted by molar-refractivity contribution is 9.10. The summed E-state index contributed by atoms with van der Waals surface area (Å²) in [5, 5.41) is 0. The number of rotatable bonds is 3. The highest BCUT2D eigenvalue weighted by atomic mass is 79.9. The van der Waals surface area contributed by atoms with Crippen LogP contribution in [0.3, 0.4) is 0 Å². The molecule has 1 unspecified atom stereocenters. The lowest BCUT2D eigenvalue weighted by atomic mass is 10.3. The van der Waals surface area contributed by atoms with E-state index in [1.165, 1.54) is 12.1 Å². The third kappa shape index (κ3) is 3.56. The summed E-state index contributed by atoms with van der Waals surface area (Å²) in [5.41, 5.74) is 0. The van der Waals surface area contributed by atoms with Gasteiger partial charge in [0.2, 0.25) is 0 Å². The number of carbonyl (C=O) groups is 1. The van der Waals surface area contributed by atoms with E-state index >= 15 is 0 Å². The SMILES string of the molecule is CN1CCC(Oc2ccc(OC(F)(F)F)c(Br)c2)C1=O. The second-order valence-electron chi connectivity index (χ2n) is 4.29. The van der Waals surface area contributed by atoms with Gasteiger partial charge in [0, 0.05) is 20.0 Å². The largest absolute Gasteiger partial charge is 0.573 e. The molecule has 0 N–H and O–H groups in total. The summed E-state index contributed by atoms with van der Waals surface area (Å²) in [4.78, 5) is 13.2. The number of nitrogens with zero attached hydrogens (tertiary/aromatic N) is 1. The van der Waals surface area contributed by atoms with E-state index in [9.17, 15) is 18.0 Å². The minimum atomic E-state index is -4.75. The molecule has 1 atom stereocenters. The van der Waals surface area contributed by atoms with Crippen molar-refractivity contribution in [3.05, 3.63) is 22.7 Å². The summed E-state index contributed by atoms with van der Waals surface area (Å²) in [7, 11) is 1.67. The average molecular weight is 354 g/mol. The fraction of sp³-hybridized carbons (Fsp3) is 0.417. The molecule has 0 spiro atoms. The van der Waals surface area contributed by atoms with Gasteiger partial charge in [0.15, 0.2) is 6.10 Å². The molecular formula is C12H11BrF3NO3. The standard InChI is InChI=1S/C12H11BrF3NO3/c1-17-5-4-10(11(17)18)19-7-2-3-9(8(13)6-7)20-12(14,15)16/h2-3,6,10H,4-5H2,1H3. The van der Waals surface area contributed by atoms with Gasteiger partial charge in [-0.1, -0.05) is 0 Å². The first-order valence-corrected chi connectivity index (χ1v) is 6.52. The van der Waals surface area contributed by atoms with E-state index in [1.807, 2.05) is 0 Å². The predicted molar refractivity (Wildman–Crippen MR) is 67.5 cm³/mol. The lowest BCUT2D eigenvalue weighted by Gasteiger charge is -2.15. The van der Waals surface area contributed by atoms with Gasteiger partial charge in [0.05, 0.1) is 4.47 Å². The van der Waals surface area contributed by atoms with Crippen LogP contribution >= 0.6 is 15.9 Å². The van der Waals surface area contributed by atoms with Crippen molar-refractivity contribution in [1.29, 1.82) is 0 Å². The van der Waals surface area contributed by atoms with E-state index in [4.69, 9.17) is 4.74 Å². The molecule has 110 valence electrons. The predicted octanol–water partition coefficient (Wildman–Crippen LogP) is 2.96. The van der Waals surface area contributed by atoms with E-state index in [1.54, 1.807) is 11.9 Å². The summed E-state index contributed by atoms with van der Waals surface area (Å²) < 4.78 is 45.7. The molecule has 0 saturated carbocycles. The van der Waals surface area contributed by atoms with Gasteiger partial charge in [0.1, 0.15) is 11.5 Å². The molecule has 1 aliphatic rings. The Hall–Kier alpha value is -1.44. The Morgan fingerprint density at radius 3 is 2.60 bits per heavy atom. The number of alkyl halides is 3. The van der Waals surface area contributed by atoms with Crippen LogP contribution in [0, 0.1) is 0 Å². The third-order valence-corrected chi connectivity index (χ3v) is 3.41. The van der Waals surface area contributed by atoms with Gasteiger partial charge in [-0.2, -0.15) is 0 Å². The van der Waals surface area contributed by atoms with Crippen LogP contribution in [0.15, 0.2) is 22.7 Å². The van der Waals surface area contributed by atoms with Crippen molar-refractivity contribution in [2.24, 2.45) is 0 Å². The number of ether oxygens (including phenoxy) is 2. The Morgan fingerprint density at radius 2 is 2.10 bits per heavy atom. The molecule has 0 aromatic heterocycles. The van der Waals surface area contributed by atoms with E-state index in [2.05, 4.69) is 20.7 Å². The van der Waals surface area contributed by atoms with Crippen LogP contribution in [0.1, 0.15) is 6.42 Å². The minimum absolute atomic E-state index is 0.103. The number of hydrogen-bond acceptors (Lipinski definition) is 3. The molecule has 0 bridgehead atoms. The fourth-order valence-corrected chi connectivity index (χ4v) is 2.27. The monoisotopic (exact) mass is 353 g/mol. The molecule has 1 amide bonds. The maximum Gasteiger partial charge on any atom is 0.573 e. The maximum atomic E-state index is 12.1. The van der Waals surface area contributed by atoms with Gasteiger partial charge < -0.3 is 14.4 Å². The molecule has 1 fully saturated rings. The molecular weight excluding hydrogens is 343 g/mol. The van der Waals surface area contributed by atoms with Crippen LogP contribution in [0.2, 0.25) is 0 Å². The quantitative estimate of drug-likeness (QED) is 0.838. The van der Waals surface area contributed by atoms with Gasteiger partial charge in [-0.25, -0.2) is 0 Å². The molecule has 1 saturated heterocycles. The molecule has 4 nitrogen and oxygen atoms in total. The van der Waals surface area contributed by atoms with Crippen LogP contribution in [0.4, 0.5) is 13.2 Å². The van der Waals surface area contributed by atoms with Gasteiger partial charge in [-0.15, -0.1) is 13.2 Å². The van der Waals surface area contributed by atoms with Crippen molar-refractivity contribution in [3.8, 4) is 11.5 Å². The molecule has 1 aliphatic heterocycles. The van der Waals surface area contributed by atoms with Crippen LogP contribution < -0.4 is 9.47 Å². The molecule has 8 heteroatoms. The summed E-state index contributed by atoms with van der Waals surface area (Å²) in [5.74, 6) is -0.198. The van der Waals surface area contributed by atoms with Gasteiger partial charge >= 0.3 is 6.36 Å². The zero-order valence-electron chi connectivity index (χ0n) is 10.4. The normalized spacial score (nSPS) is 19.4. The van der Waals surface area contributed by atoms with Crippen LogP contribution in [-0.4, -0.2) is 36.9 Å². The zero-order valence-corrected chi connectivity index (χ0v) is 12.0. The molecule has 1 heterocycles. The number of likely N-dealkylation sites (tertiary alicyclic amines) is 1. The van der Waals surface area contributed by atoms with Crippen molar-refractivity contribution in [2.45, 2.75) is 18.9 Å².